The second-order valence-corrected chi connectivity index (χ2v) is 3.26. The molecule has 0 spiro atoms. The van der Waals surface area contributed by atoms with Crippen LogP contribution in [0.1, 0.15) is 13.3 Å². The van der Waals surface area contributed by atoms with Gasteiger partial charge in [-0.2, -0.15) is 0 Å². The van der Waals surface area contributed by atoms with Gasteiger partial charge >= 0.3 is 0 Å². The standard InChI is InChI=1S/C9H21N3O/c1-4-10-6-7-11-9(13)5-8-12(2)3/h10H,4-8H2,1-3H3,(H,11,13). The smallest absolute Gasteiger partial charge is 0.221 e. The van der Waals surface area contributed by atoms with Crippen LogP contribution in [-0.2, 0) is 4.79 Å². The van der Waals surface area contributed by atoms with Crippen LogP contribution in [0.4, 0.5) is 0 Å². The van der Waals surface area contributed by atoms with E-state index in [-0.39, 0.29) is 5.91 Å². The minimum Gasteiger partial charge on any atom is -0.355 e. The largest absolute Gasteiger partial charge is 0.355 e. The van der Waals surface area contributed by atoms with Crippen molar-refractivity contribution in [1.82, 2.24) is 15.5 Å². The summed E-state index contributed by atoms with van der Waals surface area (Å²) in [5.41, 5.74) is 0. The molecule has 0 unspecified atom stereocenters. The first kappa shape index (κ1) is 12.4. The van der Waals surface area contributed by atoms with E-state index in [0.29, 0.717) is 6.42 Å². The number of hydrogen-bond donors (Lipinski definition) is 2. The van der Waals surface area contributed by atoms with Crippen molar-refractivity contribution >= 4 is 5.91 Å². The Kier molecular flexibility index (Phi) is 7.63. The Bertz CT molecular complexity index is 137. The molecule has 0 aliphatic rings. The van der Waals surface area contributed by atoms with Crippen LogP contribution in [0.3, 0.4) is 0 Å². The van der Waals surface area contributed by atoms with Crippen LogP contribution in [0.5, 0.6) is 0 Å². The normalized spacial score (nSPS) is 10.5. The Labute approximate surface area is 80.7 Å². The Morgan fingerprint density at radius 1 is 1.31 bits per heavy atom. The van der Waals surface area contributed by atoms with E-state index in [9.17, 15) is 4.79 Å². The lowest BCUT2D eigenvalue weighted by molar-refractivity contribution is -0.121. The van der Waals surface area contributed by atoms with Gasteiger partial charge in [0.15, 0.2) is 0 Å². The molecule has 0 heterocycles. The molecule has 78 valence electrons. The predicted octanol–water partition coefficient (Wildman–Crippen LogP) is -0.336. The SMILES string of the molecule is CCNCCNC(=O)CCN(C)C. The molecule has 2 N–H and O–H groups in total. The maximum Gasteiger partial charge on any atom is 0.221 e. The van der Waals surface area contributed by atoms with Crippen LogP contribution < -0.4 is 10.6 Å². The van der Waals surface area contributed by atoms with Gasteiger partial charge in [0.2, 0.25) is 5.91 Å². The lowest BCUT2D eigenvalue weighted by atomic mass is 10.4. The van der Waals surface area contributed by atoms with E-state index >= 15 is 0 Å². The zero-order valence-electron chi connectivity index (χ0n) is 8.89. The van der Waals surface area contributed by atoms with E-state index in [4.69, 9.17) is 0 Å². The van der Waals surface area contributed by atoms with Gasteiger partial charge in [0.25, 0.3) is 0 Å². The number of likely N-dealkylation sites (N-methyl/N-ethyl adjacent to an activating group) is 1. The van der Waals surface area contributed by atoms with Gasteiger partial charge in [-0.05, 0) is 20.6 Å². The van der Waals surface area contributed by atoms with Gasteiger partial charge in [0.1, 0.15) is 0 Å². The predicted molar refractivity (Wildman–Crippen MR) is 54.7 cm³/mol. The van der Waals surface area contributed by atoms with Crippen LogP contribution in [0, 0.1) is 0 Å². The maximum atomic E-state index is 11.1. The van der Waals surface area contributed by atoms with Crippen molar-refractivity contribution in [2.45, 2.75) is 13.3 Å². The molecule has 0 fully saturated rings. The second-order valence-electron chi connectivity index (χ2n) is 3.26. The van der Waals surface area contributed by atoms with Gasteiger partial charge in [-0.25, -0.2) is 0 Å². The number of carbonyl (C=O) groups is 1. The van der Waals surface area contributed by atoms with E-state index in [1.54, 1.807) is 0 Å². The maximum absolute atomic E-state index is 11.1. The molecule has 4 heteroatoms. The Morgan fingerprint density at radius 2 is 2.00 bits per heavy atom. The van der Waals surface area contributed by atoms with E-state index in [2.05, 4.69) is 10.6 Å². The van der Waals surface area contributed by atoms with Crippen LogP contribution in [0.2, 0.25) is 0 Å². The molecule has 4 nitrogen and oxygen atoms in total. The van der Waals surface area contributed by atoms with Gasteiger partial charge in [0.05, 0.1) is 0 Å². The Morgan fingerprint density at radius 3 is 2.54 bits per heavy atom. The summed E-state index contributed by atoms with van der Waals surface area (Å²) >= 11 is 0. The summed E-state index contributed by atoms with van der Waals surface area (Å²) in [6.07, 6.45) is 0.582. The fourth-order valence-corrected chi connectivity index (χ4v) is 0.881. The highest BCUT2D eigenvalue weighted by atomic mass is 16.1. The van der Waals surface area contributed by atoms with Gasteiger partial charge in [-0.1, -0.05) is 6.92 Å². The molecule has 0 radical (unpaired) electrons. The highest BCUT2D eigenvalue weighted by Crippen LogP contribution is 1.82. The minimum atomic E-state index is 0.131. The van der Waals surface area contributed by atoms with E-state index in [0.717, 1.165) is 26.2 Å². The minimum absolute atomic E-state index is 0.131. The van der Waals surface area contributed by atoms with Gasteiger partial charge in [-0.3, -0.25) is 4.79 Å². The van der Waals surface area contributed by atoms with Crippen molar-refractivity contribution in [2.75, 3.05) is 40.3 Å². The Balaban J connectivity index is 3.20. The van der Waals surface area contributed by atoms with E-state index in [1.807, 2.05) is 25.9 Å². The number of hydrogen-bond acceptors (Lipinski definition) is 3. The average molecular weight is 187 g/mol. The topological polar surface area (TPSA) is 44.4 Å². The molecule has 0 aromatic heterocycles. The second kappa shape index (κ2) is 8.01. The summed E-state index contributed by atoms with van der Waals surface area (Å²) in [4.78, 5) is 13.1. The van der Waals surface area contributed by atoms with Crippen LogP contribution in [-0.4, -0.2) is 51.1 Å². The molecular weight excluding hydrogens is 166 g/mol. The van der Waals surface area contributed by atoms with Crippen molar-refractivity contribution in [3.8, 4) is 0 Å². The summed E-state index contributed by atoms with van der Waals surface area (Å²) in [6.45, 7) is 5.39. The molecule has 0 saturated heterocycles. The molecule has 0 aromatic carbocycles. The van der Waals surface area contributed by atoms with Crippen molar-refractivity contribution in [3.05, 3.63) is 0 Å². The first-order valence-electron chi connectivity index (χ1n) is 4.79. The fraction of sp³-hybridized carbons (Fsp3) is 0.889. The first-order valence-corrected chi connectivity index (χ1v) is 4.79. The lowest BCUT2D eigenvalue weighted by Gasteiger charge is -2.09. The average Bonchev–Trinajstić information content (AvgIpc) is 2.09. The molecule has 0 saturated carbocycles. The third kappa shape index (κ3) is 9.30. The highest BCUT2D eigenvalue weighted by molar-refractivity contribution is 5.75. The first-order chi connectivity index (χ1) is 6.16. The van der Waals surface area contributed by atoms with Crippen LogP contribution >= 0.6 is 0 Å². The van der Waals surface area contributed by atoms with Crippen molar-refractivity contribution in [3.63, 3.8) is 0 Å². The number of carbonyl (C=O) groups excluding carboxylic acids is 1. The molecule has 0 atom stereocenters. The third-order valence-electron chi connectivity index (χ3n) is 1.66. The van der Waals surface area contributed by atoms with Crippen LogP contribution in [0.15, 0.2) is 0 Å². The van der Waals surface area contributed by atoms with Crippen molar-refractivity contribution in [2.24, 2.45) is 0 Å². The number of nitrogens with one attached hydrogen (secondary N) is 2. The summed E-state index contributed by atoms with van der Waals surface area (Å²) in [5.74, 6) is 0.131. The molecule has 13 heavy (non-hydrogen) atoms. The highest BCUT2D eigenvalue weighted by Gasteiger charge is 1.99. The van der Waals surface area contributed by atoms with E-state index < -0.39 is 0 Å². The molecule has 0 aliphatic carbocycles. The summed E-state index contributed by atoms with van der Waals surface area (Å²) in [5, 5.41) is 5.99. The lowest BCUT2D eigenvalue weighted by Crippen LogP contribution is -2.33. The number of rotatable bonds is 7. The summed E-state index contributed by atoms with van der Waals surface area (Å²) in [6, 6.07) is 0. The third-order valence-corrected chi connectivity index (χ3v) is 1.66. The monoisotopic (exact) mass is 187 g/mol. The Hall–Kier alpha value is -0.610. The quantitative estimate of drug-likeness (QED) is 0.536. The molecule has 0 bridgehead atoms. The van der Waals surface area contributed by atoms with Gasteiger partial charge in [0, 0.05) is 26.1 Å². The van der Waals surface area contributed by atoms with E-state index in [1.165, 1.54) is 0 Å². The van der Waals surface area contributed by atoms with Gasteiger partial charge < -0.3 is 15.5 Å². The molecule has 0 aliphatic heterocycles. The number of nitrogens with zero attached hydrogens (tertiary/aromatic N) is 1. The van der Waals surface area contributed by atoms with Crippen molar-refractivity contribution in [1.29, 1.82) is 0 Å². The molecule has 0 aromatic rings. The summed E-state index contributed by atoms with van der Waals surface area (Å²) < 4.78 is 0. The summed E-state index contributed by atoms with van der Waals surface area (Å²) in [7, 11) is 3.93. The van der Waals surface area contributed by atoms with Gasteiger partial charge in [-0.15, -0.1) is 0 Å². The molecule has 0 rings (SSSR count). The van der Waals surface area contributed by atoms with Crippen molar-refractivity contribution < 1.29 is 4.79 Å². The number of amides is 1. The molecule has 1 amide bonds. The fourth-order valence-electron chi connectivity index (χ4n) is 0.881. The zero-order chi connectivity index (χ0) is 10.1. The van der Waals surface area contributed by atoms with Crippen LogP contribution in [0.25, 0.3) is 0 Å². The zero-order valence-corrected chi connectivity index (χ0v) is 8.89. The molecular formula is C9H21N3O.